The molecule has 0 fully saturated rings. The Balaban J connectivity index is 2.30. The van der Waals surface area contributed by atoms with E-state index in [1.165, 1.54) is 6.07 Å². The van der Waals surface area contributed by atoms with Gasteiger partial charge in [0.1, 0.15) is 5.75 Å². The van der Waals surface area contributed by atoms with Crippen LogP contribution in [-0.2, 0) is 0 Å². The van der Waals surface area contributed by atoms with Crippen molar-refractivity contribution in [3.8, 4) is 17.6 Å². The van der Waals surface area contributed by atoms with Gasteiger partial charge in [-0.15, -0.1) is 0 Å². The standard InChI is InChI=1S/C15H12FNO/c1-11(10-17)12-7-8-14(16)15(9-12)18-13-5-3-2-4-6-13/h2-9,11H,1H3/t11-/m1/s1. The number of rotatable bonds is 3. The highest BCUT2D eigenvalue weighted by Crippen LogP contribution is 2.27. The zero-order valence-corrected chi connectivity index (χ0v) is 9.93. The molecular formula is C15H12FNO. The van der Waals surface area contributed by atoms with E-state index in [0.717, 1.165) is 5.56 Å². The molecule has 0 unspecified atom stereocenters. The van der Waals surface area contributed by atoms with Crippen LogP contribution in [0, 0.1) is 17.1 Å². The molecule has 0 saturated heterocycles. The van der Waals surface area contributed by atoms with Crippen LogP contribution in [0.5, 0.6) is 11.5 Å². The molecule has 2 aromatic rings. The summed E-state index contributed by atoms with van der Waals surface area (Å²) in [5.74, 6) is -0.0181. The zero-order valence-electron chi connectivity index (χ0n) is 9.93. The van der Waals surface area contributed by atoms with E-state index in [1.807, 2.05) is 18.2 Å². The molecule has 0 saturated carbocycles. The summed E-state index contributed by atoms with van der Waals surface area (Å²) in [5, 5.41) is 8.85. The first-order valence-corrected chi connectivity index (χ1v) is 5.62. The average Bonchev–Trinajstić information content (AvgIpc) is 2.41. The van der Waals surface area contributed by atoms with Crippen molar-refractivity contribution < 1.29 is 9.13 Å². The van der Waals surface area contributed by atoms with Gasteiger partial charge < -0.3 is 4.74 Å². The van der Waals surface area contributed by atoms with Gasteiger partial charge in [0, 0.05) is 0 Å². The Kier molecular flexibility index (Phi) is 3.59. The van der Waals surface area contributed by atoms with Crippen LogP contribution in [-0.4, -0.2) is 0 Å². The summed E-state index contributed by atoms with van der Waals surface area (Å²) in [5.41, 5.74) is 0.741. The number of nitriles is 1. The second kappa shape index (κ2) is 5.33. The first-order chi connectivity index (χ1) is 8.70. The second-order valence-corrected chi connectivity index (χ2v) is 3.96. The third-order valence-electron chi connectivity index (χ3n) is 2.62. The molecule has 0 spiro atoms. The highest BCUT2D eigenvalue weighted by molar-refractivity contribution is 5.37. The lowest BCUT2D eigenvalue weighted by Gasteiger charge is -2.09. The van der Waals surface area contributed by atoms with Crippen molar-refractivity contribution in [1.82, 2.24) is 0 Å². The van der Waals surface area contributed by atoms with Crippen LogP contribution in [0.15, 0.2) is 48.5 Å². The molecule has 0 bridgehead atoms. The van der Waals surface area contributed by atoms with E-state index in [-0.39, 0.29) is 11.7 Å². The largest absolute Gasteiger partial charge is 0.454 e. The third-order valence-corrected chi connectivity index (χ3v) is 2.62. The summed E-state index contributed by atoms with van der Waals surface area (Å²) in [4.78, 5) is 0. The lowest BCUT2D eigenvalue weighted by molar-refractivity contribution is 0.441. The molecule has 90 valence electrons. The van der Waals surface area contributed by atoms with E-state index in [0.29, 0.717) is 5.75 Å². The van der Waals surface area contributed by atoms with Crippen molar-refractivity contribution in [1.29, 1.82) is 5.26 Å². The maximum atomic E-state index is 13.6. The Morgan fingerprint density at radius 3 is 2.56 bits per heavy atom. The average molecular weight is 241 g/mol. The Hall–Kier alpha value is -2.34. The second-order valence-electron chi connectivity index (χ2n) is 3.96. The molecular weight excluding hydrogens is 229 g/mol. The molecule has 3 heteroatoms. The van der Waals surface area contributed by atoms with Gasteiger partial charge in [0.15, 0.2) is 11.6 Å². The SMILES string of the molecule is C[C@H](C#N)c1ccc(F)c(Oc2ccccc2)c1. The van der Waals surface area contributed by atoms with Gasteiger partial charge >= 0.3 is 0 Å². The number of halogens is 1. The van der Waals surface area contributed by atoms with Crippen LogP contribution in [0.4, 0.5) is 4.39 Å². The normalized spacial score (nSPS) is 11.6. The summed E-state index contributed by atoms with van der Waals surface area (Å²) in [7, 11) is 0. The predicted octanol–water partition coefficient (Wildman–Crippen LogP) is 4.25. The molecule has 0 aromatic heterocycles. The number of para-hydroxylation sites is 1. The molecule has 2 rings (SSSR count). The van der Waals surface area contributed by atoms with Gasteiger partial charge in [0.2, 0.25) is 0 Å². The van der Waals surface area contributed by atoms with Gasteiger partial charge in [-0.05, 0) is 36.8 Å². The molecule has 2 nitrogen and oxygen atoms in total. The van der Waals surface area contributed by atoms with Crippen LogP contribution in [0.1, 0.15) is 18.4 Å². The first-order valence-electron chi connectivity index (χ1n) is 5.62. The smallest absolute Gasteiger partial charge is 0.165 e. The van der Waals surface area contributed by atoms with Gasteiger partial charge in [-0.3, -0.25) is 0 Å². The fourth-order valence-corrected chi connectivity index (χ4v) is 1.56. The summed E-state index contributed by atoms with van der Waals surface area (Å²) in [6.07, 6.45) is 0. The summed E-state index contributed by atoms with van der Waals surface area (Å²) in [6.45, 7) is 1.76. The molecule has 0 heterocycles. The molecule has 0 aliphatic heterocycles. The minimum atomic E-state index is -0.437. The Morgan fingerprint density at radius 2 is 1.89 bits per heavy atom. The Bertz CT molecular complexity index is 575. The van der Waals surface area contributed by atoms with Gasteiger partial charge in [-0.1, -0.05) is 24.3 Å². The zero-order chi connectivity index (χ0) is 13.0. The van der Waals surface area contributed by atoms with Gasteiger partial charge in [0.05, 0.1) is 12.0 Å². The fraction of sp³-hybridized carbons (Fsp3) is 0.133. The van der Waals surface area contributed by atoms with Crippen molar-refractivity contribution in [3.63, 3.8) is 0 Å². The van der Waals surface area contributed by atoms with Gasteiger partial charge in [0.25, 0.3) is 0 Å². The van der Waals surface area contributed by atoms with E-state index in [1.54, 1.807) is 31.2 Å². The summed E-state index contributed by atoms with van der Waals surface area (Å²) >= 11 is 0. The highest BCUT2D eigenvalue weighted by Gasteiger charge is 2.10. The number of hydrogen-bond acceptors (Lipinski definition) is 2. The monoisotopic (exact) mass is 241 g/mol. The van der Waals surface area contributed by atoms with Crippen molar-refractivity contribution in [2.45, 2.75) is 12.8 Å². The van der Waals surface area contributed by atoms with Crippen LogP contribution < -0.4 is 4.74 Å². The maximum Gasteiger partial charge on any atom is 0.165 e. The predicted molar refractivity (Wildman–Crippen MR) is 66.9 cm³/mol. The highest BCUT2D eigenvalue weighted by atomic mass is 19.1. The fourth-order valence-electron chi connectivity index (χ4n) is 1.56. The van der Waals surface area contributed by atoms with E-state index in [4.69, 9.17) is 10.00 Å². The van der Waals surface area contributed by atoms with Crippen LogP contribution in [0.3, 0.4) is 0 Å². The van der Waals surface area contributed by atoms with Crippen molar-refractivity contribution in [2.24, 2.45) is 0 Å². The van der Waals surface area contributed by atoms with Crippen LogP contribution >= 0.6 is 0 Å². The quantitative estimate of drug-likeness (QED) is 0.805. The lowest BCUT2D eigenvalue weighted by Crippen LogP contribution is -1.94. The van der Waals surface area contributed by atoms with Crippen molar-refractivity contribution in [3.05, 3.63) is 59.9 Å². The van der Waals surface area contributed by atoms with Gasteiger partial charge in [-0.25, -0.2) is 4.39 Å². The summed E-state index contributed by atoms with van der Waals surface area (Å²) < 4.78 is 19.1. The minimum absolute atomic E-state index is 0.140. The number of nitrogens with zero attached hydrogens (tertiary/aromatic N) is 1. The molecule has 0 amide bonds. The number of hydrogen-bond donors (Lipinski definition) is 0. The van der Waals surface area contributed by atoms with E-state index in [2.05, 4.69) is 6.07 Å². The Labute approximate surface area is 105 Å². The number of ether oxygens (including phenoxy) is 1. The molecule has 0 aliphatic rings. The Morgan fingerprint density at radius 1 is 1.17 bits per heavy atom. The maximum absolute atomic E-state index is 13.6. The minimum Gasteiger partial charge on any atom is -0.454 e. The van der Waals surface area contributed by atoms with Crippen molar-refractivity contribution in [2.75, 3.05) is 0 Å². The number of benzene rings is 2. The molecule has 18 heavy (non-hydrogen) atoms. The molecule has 0 N–H and O–H groups in total. The molecule has 0 radical (unpaired) electrons. The molecule has 1 atom stereocenters. The van der Waals surface area contributed by atoms with Gasteiger partial charge in [-0.2, -0.15) is 5.26 Å². The molecule has 0 aliphatic carbocycles. The summed E-state index contributed by atoms with van der Waals surface area (Å²) in [6, 6.07) is 15.6. The first kappa shape index (κ1) is 12.1. The van der Waals surface area contributed by atoms with Crippen LogP contribution in [0.2, 0.25) is 0 Å². The lowest BCUT2D eigenvalue weighted by atomic mass is 10.0. The molecule has 2 aromatic carbocycles. The van der Waals surface area contributed by atoms with E-state index in [9.17, 15) is 4.39 Å². The van der Waals surface area contributed by atoms with E-state index >= 15 is 0 Å². The van der Waals surface area contributed by atoms with E-state index < -0.39 is 5.82 Å². The van der Waals surface area contributed by atoms with Crippen LogP contribution in [0.25, 0.3) is 0 Å². The third kappa shape index (κ3) is 2.67. The topological polar surface area (TPSA) is 33.0 Å². The van der Waals surface area contributed by atoms with Crippen molar-refractivity contribution >= 4 is 0 Å².